The van der Waals surface area contributed by atoms with Gasteiger partial charge in [-0.2, -0.15) is 5.10 Å². The summed E-state index contributed by atoms with van der Waals surface area (Å²) in [6, 6.07) is 1.96. The minimum atomic E-state index is 0.604. The molecule has 0 bridgehead atoms. The van der Waals surface area contributed by atoms with Crippen molar-refractivity contribution in [3.63, 3.8) is 0 Å². The van der Waals surface area contributed by atoms with Crippen molar-refractivity contribution >= 4 is 0 Å². The van der Waals surface area contributed by atoms with Crippen LogP contribution in [-0.2, 0) is 24.9 Å². The average Bonchev–Trinajstić information content (AvgIpc) is 2.93. The molecule has 0 unspecified atom stereocenters. The molecule has 0 aromatic carbocycles. The number of rotatable bonds is 6. The molecule has 2 rings (SSSR count). The molecule has 2 heterocycles. The molecule has 0 amide bonds. The molecule has 1 N–H and O–H groups in total. The van der Waals surface area contributed by atoms with Gasteiger partial charge in [-0.05, 0) is 13.1 Å². The molecule has 7 nitrogen and oxygen atoms in total. The Labute approximate surface area is 106 Å². The highest BCUT2D eigenvalue weighted by Gasteiger charge is 2.16. The van der Waals surface area contributed by atoms with Gasteiger partial charge >= 0.3 is 0 Å². The lowest BCUT2D eigenvalue weighted by molar-refractivity contribution is 0.183. The minimum absolute atomic E-state index is 0.604. The molecule has 0 saturated carbocycles. The molecule has 0 aliphatic carbocycles. The van der Waals surface area contributed by atoms with Gasteiger partial charge in [-0.3, -0.25) is 4.68 Å². The molecule has 7 heteroatoms. The van der Waals surface area contributed by atoms with E-state index >= 15 is 0 Å². The lowest BCUT2D eigenvalue weighted by Gasteiger charge is -2.08. The summed E-state index contributed by atoms with van der Waals surface area (Å²) in [5.41, 5.74) is 2.90. The van der Waals surface area contributed by atoms with E-state index in [0.717, 1.165) is 17.1 Å². The standard InChI is InChI=1S/C11H18N6O/c1-12-8-9-11(10-4-5-13-16(10)2)17(15-14-9)6-7-18-3/h4-5,12H,6-8H2,1-3H3. The number of methoxy groups -OCH3 is 1. The van der Waals surface area contributed by atoms with E-state index in [2.05, 4.69) is 20.7 Å². The van der Waals surface area contributed by atoms with Gasteiger partial charge in [-0.1, -0.05) is 5.21 Å². The molecule has 0 aliphatic rings. The van der Waals surface area contributed by atoms with Crippen molar-refractivity contribution < 1.29 is 4.74 Å². The van der Waals surface area contributed by atoms with Crippen molar-refractivity contribution in [2.45, 2.75) is 13.1 Å². The summed E-state index contributed by atoms with van der Waals surface area (Å²) in [4.78, 5) is 0. The van der Waals surface area contributed by atoms with Gasteiger partial charge < -0.3 is 10.1 Å². The second-order valence-electron chi connectivity index (χ2n) is 3.97. The summed E-state index contributed by atoms with van der Waals surface area (Å²) in [6.45, 7) is 1.95. The van der Waals surface area contributed by atoms with Gasteiger partial charge in [0, 0.05) is 26.9 Å². The van der Waals surface area contributed by atoms with Crippen LogP contribution in [0, 0.1) is 0 Å². The highest BCUT2D eigenvalue weighted by atomic mass is 16.5. The zero-order chi connectivity index (χ0) is 13.0. The van der Waals surface area contributed by atoms with Crippen LogP contribution in [0.15, 0.2) is 12.3 Å². The molecule has 2 aromatic rings. The van der Waals surface area contributed by atoms with Gasteiger partial charge in [0.25, 0.3) is 0 Å². The third kappa shape index (κ3) is 2.41. The molecule has 0 aliphatic heterocycles. The van der Waals surface area contributed by atoms with Crippen molar-refractivity contribution in [2.75, 3.05) is 20.8 Å². The van der Waals surface area contributed by atoms with E-state index < -0.39 is 0 Å². The van der Waals surface area contributed by atoms with Crippen LogP contribution in [0.1, 0.15) is 5.69 Å². The van der Waals surface area contributed by atoms with E-state index in [4.69, 9.17) is 4.74 Å². The zero-order valence-corrected chi connectivity index (χ0v) is 10.9. The van der Waals surface area contributed by atoms with E-state index in [-0.39, 0.29) is 0 Å². The van der Waals surface area contributed by atoms with Gasteiger partial charge in [0.15, 0.2) is 0 Å². The van der Waals surface area contributed by atoms with Crippen LogP contribution in [0.25, 0.3) is 11.4 Å². The number of nitrogens with one attached hydrogen (secondary N) is 1. The van der Waals surface area contributed by atoms with E-state index in [1.807, 2.05) is 29.5 Å². The highest BCUT2D eigenvalue weighted by Crippen LogP contribution is 2.21. The average molecular weight is 250 g/mol. The fourth-order valence-corrected chi connectivity index (χ4v) is 1.86. The maximum Gasteiger partial charge on any atom is 0.111 e. The first-order valence-corrected chi connectivity index (χ1v) is 5.82. The lowest BCUT2D eigenvalue weighted by atomic mass is 10.2. The molecule has 0 radical (unpaired) electrons. The number of nitrogens with zero attached hydrogens (tertiary/aromatic N) is 5. The van der Waals surface area contributed by atoms with Crippen molar-refractivity contribution in [3.05, 3.63) is 18.0 Å². The maximum absolute atomic E-state index is 5.09. The van der Waals surface area contributed by atoms with Crippen LogP contribution < -0.4 is 5.32 Å². The van der Waals surface area contributed by atoms with Gasteiger partial charge in [0.05, 0.1) is 18.8 Å². The third-order valence-corrected chi connectivity index (χ3v) is 2.72. The van der Waals surface area contributed by atoms with Crippen LogP contribution in [0.5, 0.6) is 0 Å². The summed E-state index contributed by atoms with van der Waals surface area (Å²) >= 11 is 0. The topological polar surface area (TPSA) is 69.8 Å². The summed E-state index contributed by atoms with van der Waals surface area (Å²) in [7, 11) is 5.47. The quantitative estimate of drug-likeness (QED) is 0.784. The Balaban J connectivity index is 2.40. The molecule has 98 valence electrons. The Kier molecular flexibility index (Phi) is 4.06. The monoisotopic (exact) mass is 250 g/mol. The summed E-state index contributed by atoms with van der Waals surface area (Å²) in [5.74, 6) is 0. The van der Waals surface area contributed by atoms with E-state index in [1.165, 1.54) is 0 Å². The number of aromatic nitrogens is 5. The molecular weight excluding hydrogens is 232 g/mol. The Hall–Kier alpha value is -1.73. The second-order valence-corrected chi connectivity index (χ2v) is 3.97. The molecule has 18 heavy (non-hydrogen) atoms. The predicted molar refractivity (Wildman–Crippen MR) is 66.9 cm³/mol. The zero-order valence-electron chi connectivity index (χ0n) is 10.9. The van der Waals surface area contributed by atoms with Gasteiger partial charge in [-0.25, -0.2) is 4.68 Å². The van der Waals surface area contributed by atoms with Gasteiger partial charge in [0.1, 0.15) is 11.4 Å². The van der Waals surface area contributed by atoms with Crippen LogP contribution in [-0.4, -0.2) is 45.5 Å². The SMILES string of the molecule is CNCc1nnn(CCOC)c1-c1ccnn1C. The van der Waals surface area contributed by atoms with Crippen molar-refractivity contribution in [1.82, 2.24) is 30.1 Å². The van der Waals surface area contributed by atoms with Crippen molar-refractivity contribution in [2.24, 2.45) is 7.05 Å². The number of aryl methyl sites for hydroxylation is 1. The molecular formula is C11H18N6O. The predicted octanol–water partition coefficient (Wildman–Crippen LogP) is 0.0444. The molecule has 0 atom stereocenters. The van der Waals surface area contributed by atoms with Gasteiger partial charge in [0.2, 0.25) is 0 Å². The second kappa shape index (κ2) is 5.74. The first-order chi connectivity index (χ1) is 8.77. The van der Waals surface area contributed by atoms with Crippen molar-refractivity contribution in [1.29, 1.82) is 0 Å². The Morgan fingerprint density at radius 2 is 2.28 bits per heavy atom. The molecule has 2 aromatic heterocycles. The number of ether oxygens (including phenoxy) is 1. The summed E-state index contributed by atoms with van der Waals surface area (Å²) in [6.07, 6.45) is 1.77. The highest BCUT2D eigenvalue weighted by molar-refractivity contribution is 5.57. The normalized spacial score (nSPS) is 11.1. The molecule has 0 spiro atoms. The molecule has 0 fully saturated rings. The largest absolute Gasteiger partial charge is 0.383 e. The summed E-state index contributed by atoms with van der Waals surface area (Å²) in [5, 5.41) is 15.7. The van der Waals surface area contributed by atoms with Gasteiger partial charge in [-0.15, -0.1) is 5.10 Å². The Bertz CT molecular complexity index is 503. The minimum Gasteiger partial charge on any atom is -0.383 e. The maximum atomic E-state index is 5.09. The smallest absolute Gasteiger partial charge is 0.111 e. The van der Waals surface area contributed by atoms with E-state index in [1.54, 1.807) is 13.3 Å². The fourth-order valence-electron chi connectivity index (χ4n) is 1.86. The van der Waals surface area contributed by atoms with Crippen LogP contribution in [0.3, 0.4) is 0 Å². The molecule has 0 saturated heterocycles. The third-order valence-electron chi connectivity index (χ3n) is 2.72. The number of hydrogen-bond donors (Lipinski definition) is 1. The van der Waals surface area contributed by atoms with Crippen molar-refractivity contribution in [3.8, 4) is 11.4 Å². The van der Waals surface area contributed by atoms with E-state index in [0.29, 0.717) is 19.7 Å². The van der Waals surface area contributed by atoms with Crippen LogP contribution in [0.4, 0.5) is 0 Å². The lowest BCUT2D eigenvalue weighted by Crippen LogP contribution is -2.11. The van der Waals surface area contributed by atoms with E-state index in [9.17, 15) is 0 Å². The van der Waals surface area contributed by atoms with Crippen LogP contribution in [0.2, 0.25) is 0 Å². The first kappa shape index (κ1) is 12.7. The first-order valence-electron chi connectivity index (χ1n) is 5.82. The fraction of sp³-hybridized carbons (Fsp3) is 0.545. The Morgan fingerprint density at radius 1 is 1.44 bits per heavy atom. The van der Waals surface area contributed by atoms with Crippen LogP contribution >= 0.6 is 0 Å². The number of hydrogen-bond acceptors (Lipinski definition) is 5. The summed E-state index contributed by atoms with van der Waals surface area (Å²) < 4.78 is 8.77. The Morgan fingerprint density at radius 3 is 2.89 bits per heavy atom.